The van der Waals surface area contributed by atoms with Crippen LogP contribution in [-0.2, 0) is 9.47 Å². The van der Waals surface area contributed by atoms with Crippen LogP contribution in [0.25, 0.3) is 0 Å². The van der Waals surface area contributed by atoms with E-state index < -0.39 is 6.29 Å². The van der Waals surface area contributed by atoms with Crippen molar-refractivity contribution < 1.29 is 9.47 Å². The minimum absolute atomic E-state index is 0.200. The molecule has 0 amide bonds. The van der Waals surface area contributed by atoms with E-state index in [2.05, 4.69) is 41.0 Å². The summed E-state index contributed by atoms with van der Waals surface area (Å²) in [7, 11) is 2.16. The topological polar surface area (TPSA) is 56.3 Å². The van der Waals surface area contributed by atoms with Gasteiger partial charge < -0.3 is 14.8 Å². The zero-order chi connectivity index (χ0) is 18.1. The summed E-state index contributed by atoms with van der Waals surface area (Å²) in [6, 6.07) is 0.335. The molecule has 0 bridgehead atoms. The van der Waals surface area contributed by atoms with Gasteiger partial charge in [-0.3, -0.25) is 0 Å². The standard InChI is InChI=1S/C18H24BClN3O2/c1-4-19-14-8-9-15(11-14)22-17-13(12-21-18(20)23-17)7-10-16(24-5-2)25-6-3/h4,12,14-16H,1,5-6,8-9,11H2,2-3H3,(H,21,22,23). The number of halogens is 1. The highest BCUT2D eigenvalue weighted by Crippen LogP contribution is 2.32. The largest absolute Gasteiger partial charge is 0.366 e. The van der Waals surface area contributed by atoms with Gasteiger partial charge in [-0.25, -0.2) is 4.98 Å². The molecule has 1 aliphatic carbocycles. The molecule has 2 atom stereocenters. The maximum atomic E-state index is 5.96. The quantitative estimate of drug-likeness (QED) is 0.333. The summed E-state index contributed by atoms with van der Waals surface area (Å²) in [5, 5.41) is 3.65. The van der Waals surface area contributed by atoms with E-state index in [9.17, 15) is 0 Å². The monoisotopic (exact) mass is 360 g/mol. The number of ether oxygens (including phenoxy) is 2. The third-order valence-corrected chi connectivity index (χ3v) is 4.12. The molecular weight excluding hydrogens is 336 g/mol. The van der Waals surface area contributed by atoms with E-state index in [1.54, 1.807) is 6.20 Å². The van der Waals surface area contributed by atoms with E-state index in [0.717, 1.165) is 19.3 Å². The predicted octanol–water partition coefficient (Wildman–Crippen LogP) is 3.48. The summed E-state index contributed by atoms with van der Waals surface area (Å²) in [4.78, 5) is 8.35. The van der Waals surface area contributed by atoms with Crippen molar-refractivity contribution in [2.45, 2.75) is 51.3 Å². The van der Waals surface area contributed by atoms with Crippen molar-refractivity contribution in [1.29, 1.82) is 0 Å². The third kappa shape index (κ3) is 6.35. The smallest absolute Gasteiger partial charge is 0.224 e. The first-order valence-electron chi connectivity index (χ1n) is 8.65. The zero-order valence-corrected chi connectivity index (χ0v) is 15.6. The summed E-state index contributed by atoms with van der Waals surface area (Å²) in [5.41, 5.74) is 0.685. The first-order chi connectivity index (χ1) is 12.2. The third-order valence-electron chi connectivity index (χ3n) is 3.94. The second kappa shape index (κ2) is 10.4. The number of hydrogen-bond acceptors (Lipinski definition) is 5. The van der Waals surface area contributed by atoms with Crippen LogP contribution in [0.1, 0.15) is 38.7 Å². The molecule has 0 aliphatic heterocycles. The molecule has 2 unspecified atom stereocenters. The van der Waals surface area contributed by atoms with Crippen LogP contribution in [0.15, 0.2) is 18.8 Å². The van der Waals surface area contributed by atoms with Crippen LogP contribution < -0.4 is 5.32 Å². The van der Waals surface area contributed by atoms with Crippen molar-refractivity contribution in [3.05, 3.63) is 29.6 Å². The molecule has 25 heavy (non-hydrogen) atoms. The van der Waals surface area contributed by atoms with E-state index >= 15 is 0 Å². The summed E-state index contributed by atoms with van der Waals surface area (Å²) >= 11 is 5.96. The number of nitrogens with zero attached hydrogens (tertiary/aromatic N) is 2. The molecule has 1 aliphatic rings. The highest BCUT2D eigenvalue weighted by molar-refractivity contribution is 6.43. The second-order valence-electron chi connectivity index (χ2n) is 5.76. The van der Waals surface area contributed by atoms with Crippen LogP contribution in [0, 0.1) is 11.8 Å². The van der Waals surface area contributed by atoms with Gasteiger partial charge in [0.25, 0.3) is 0 Å². The fourth-order valence-corrected chi connectivity index (χ4v) is 2.97. The minimum atomic E-state index is -0.559. The number of anilines is 1. The molecule has 5 nitrogen and oxygen atoms in total. The summed E-state index contributed by atoms with van der Waals surface area (Å²) < 4.78 is 10.9. The van der Waals surface area contributed by atoms with Crippen LogP contribution in [-0.4, -0.2) is 42.8 Å². The predicted molar refractivity (Wildman–Crippen MR) is 102 cm³/mol. The zero-order valence-electron chi connectivity index (χ0n) is 14.8. The lowest BCUT2D eigenvalue weighted by atomic mass is 9.64. The lowest BCUT2D eigenvalue weighted by Crippen LogP contribution is -2.18. The highest BCUT2D eigenvalue weighted by Gasteiger charge is 2.25. The Kier molecular flexibility index (Phi) is 8.26. The van der Waals surface area contributed by atoms with E-state index in [1.807, 2.05) is 19.8 Å². The molecule has 1 aromatic heterocycles. The summed E-state index contributed by atoms with van der Waals surface area (Å²) in [6.07, 6.45) is 4.32. The first kappa shape index (κ1) is 19.8. The molecule has 0 aromatic carbocycles. The Labute approximate surface area is 155 Å². The van der Waals surface area contributed by atoms with Crippen molar-refractivity contribution in [2.24, 2.45) is 0 Å². The molecular formula is C18H24BClN3O2. The van der Waals surface area contributed by atoms with E-state index in [0.29, 0.717) is 36.5 Å². The molecule has 1 N–H and O–H groups in total. The summed E-state index contributed by atoms with van der Waals surface area (Å²) in [6.45, 7) is 8.65. The van der Waals surface area contributed by atoms with Gasteiger partial charge in [0.2, 0.25) is 11.6 Å². The number of hydrogen-bond donors (Lipinski definition) is 1. The van der Waals surface area contributed by atoms with Crippen LogP contribution >= 0.6 is 11.6 Å². The SMILES string of the molecule is C=C[B]C1CCC(Nc2nc(Cl)ncc2C#CC(OCC)OCC)C1. The molecule has 133 valence electrons. The van der Waals surface area contributed by atoms with Gasteiger partial charge in [-0.05, 0) is 44.2 Å². The Morgan fingerprint density at radius 3 is 2.88 bits per heavy atom. The highest BCUT2D eigenvalue weighted by atomic mass is 35.5. The Bertz CT molecular complexity index is 626. The molecule has 1 aromatic rings. The van der Waals surface area contributed by atoms with Gasteiger partial charge in [-0.15, -0.1) is 12.6 Å². The lowest BCUT2D eigenvalue weighted by molar-refractivity contribution is -0.0969. The van der Waals surface area contributed by atoms with Crippen molar-refractivity contribution in [3.8, 4) is 11.8 Å². The molecule has 1 saturated carbocycles. The van der Waals surface area contributed by atoms with Gasteiger partial charge in [0.15, 0.2) is 0 Å². The molecule has 1 radical (unpaired) electrons. The van der Waals surface area contributed by atoms with Gasteiger partial charge >= 0.3 is 0 Å². The lowest BCUT2D eigenvalue weighted by Gasteiger charge is -2.15. The van der Waals surface area contributed by atoms with Crippen molar-refractivity contribution >= 4 is 24.7 Å². The fraction of sp³-hybridized carbons (Fsp3) is 0.556. The van der Waals surface area contributed by atoms with Crippen molar-refractivity contribution in [2.75, 3.05) is 18.5 Å². The van der Waals surface area contributed by atoms with Gasteiger partial charge in [-0.1, -0.05) is 18.2 Å². The molecule has 1 fully saturated rings. The maximum absolute atomic E-state index is 5.96. The summed E-state index contributed by atoms with van der Waals surface area (Å²) in [5.74, 6) is 9.11. The average Bonchev–Trinajstić information content (AvgIpc) is 3.02. The number of nitrogens with one attached hydrogen (secondary N) is 1. The van der Waals surface area contributed by atoms with Crippen LogP contribution in [0.4, 0.5) is 5.82 Å². The molecule has 0 spiro atoms. The van der Waals surface area contributed by atoms with E-state index in [4.69, 9.17) is 21.1 Å². The van der Waals surface area contributed by atoms with Crippen molar-refractivity contribution in [1.82, 2.24) is 9.97 Å². The van der Waals surface area contributed by atoms with E-state index in [1.165, 1.54) is 0 Å². The molecule has 1 heterocycles. The van der Waals surface area contributed by atoms with Crippen molar-refractivity contribution in [3.63, 3.8) is 0 Å². The Hall–Kier alpha value is -1.55. The second-order valence-corrected chi connectivity index (χ2v) is 6.09. The fourth-order valence-electron chi connectivity index (χ4n) is 2.84. The normalized spacial score (nSPS) is 19.4. The molecule has 7 heteroatoms. The Morgan fingerprint density at radius 1 is 1.44 bits per heavy atom. The van der Waals surface area contributed by atoms with Crippen LogP contribution in [0.5, 0.6) is 0 Å². The van der Waals surface area contributed by atoms with Crippen LogP contribution in [0.2, 0.25) is 11.1 Å². The van der Waals surface area contributed by atoms with Gasteiger partial charge in [-0.2, -0.15) is 4.98 Å². The Balaban J connectivity index is 2.11. The average molecular weight is 361 g/mol. The van der Waals surface area contributed by atoms with E-state index in [-0.39, 0.29) is 5.28 Å². The van der Waals surface area contributed by atoms with Gasteiger partial charge in [0.1, 0.15) is 13.1 Å². The maximum Gasteiger partial charge on any atom is 0.224 e. The van der Waals surface area contributed by atoms with Gasteiger partial charge in [0, 0.05) is 25.5 Å². The first-order valence-corrected chi connectivity index (χ1v) is 9.03. The minimum Gasteiger partial charge on any atom is -0.366 e. The number of aromatic nitrogens is 2. The number of rotatable bonds is 8. The molecule has 2 rings (SSSR count). The Morgan fingerprint density at radius 2 is 2.20 bits per heavy atom. The van der Waals surface area contributed by atoms with Crippen LogP contribution in [0.3, 0.4) is 0 Å². The van der Waals surface area contributed by atoms with Gasteiger partial charge in [0.05, 0.1) is 5.56 Å². The molecule has 0 saturated heterocycles.